The molecule has 0 aliphatic carbocycles. The van der Waals surface area contributed by atoms with Crippen LogP contribution in [0.3, 0.4) is 0 Å². The molecule has 7 nitrogen and oxygen atoms in total. The first-order valence-corrected chi connectivity index (χ1v) is 10.6. The lowest BCUT2D eigenvalue weighted by atomic mass is 9.78. The van der Waals surface area contributed by atoms with Crippen LogP contribution >= 0.6 is 11.3 Å². The molecule has 4 heterocycles. The Morgan fingerprint density at radius 3 is 3.11 bits per heavy atom. The van der Waals surface area contributed by atoms with Gasteiger partial charge in [0.2, 0.25) is 11.8 Å². The maximum absolute atomic E-state index is 13.3. The molecule has 0 bridgehead atoms. The molecule has 1 spiro atoms. The fraction of sp³-hybridized carbons (Fsp3) is 0.450. The van der Waals surface area contributed by atoms with Gasteiger partial charge in [-0.1, -0.05) is 18.2 Å². The van der Waals surface area contributed by atoms with E-state index in [1.54, 1.807) is 0 Å². The first-order valence-electron chi connectivity index (χ1n) is 9.76. The van der Waals surface area contributed by atoms with Gasteiger partial charge in [-0.25, -0.2) is 4.98 Å². The van der Waals surface area contributed by atoms with Crippen LogP contribution in [0.1, 0.15) is 30.5 Å². The number of hydrogen-bond donors (Lipinski definition) is 3. The Morgan fingerprint density at radius 2 is 2.29 bits per heavy atom. The minimum atomic E-state index is -0.882. The zero-order valence-corrected chi connectivity index (χ0v) is 16.3. The van der Waals surface area contributed by atoms with Gasteiger partial charge >= 0.3 is 0 Å². The molecular weight excluding hydrogens is 374 g/mol. The van der Waals surface area contributed by atoms with Crippen molar-refractivity contribution in [3.05, 3.63) is 40.9 Å². The summed E-state index contributed by atoms with van der Waals surface area (Å²) in [5.41, 5.74) is 7.44. The molecule has 3 atom stereocenters. The Balaban J connectivity index is 1.42. The van der Waals surface area contributed by atoms with Crippen molar-refractivity contribution >= 4 is 34.0 Å². The van der Waals surface area contributed by atoms with Gasteiger partial charge in [0, 0.05) is 35.6 Å². The van der Waals surface area contributed by atoms with Gasteiger partial charge in [-0.2, -0.15) is 0 Å². The van der Waals surface area contributed by atoms with E-state index in [-0.39, 0.29) is 23.8 Å². The zero-order valence-electron chi connectivity index (χ0n) is 15.5. The van der Waals surface area contributed by atoms with Gasteiger partial charge in [-0.3, -0.25) is 14.5 Å². The maximum Gasteiger partial charge on any atom is 0.250 e. The van der Waals surface area contributed by atoms with Crippen molar-refractivity contribution < 1.29 is 9.59 Å². The minimum absolute atomic E-state index is 0.0514. The van der Waals surface area contributed by atoms with Gasteiger partial charge in [-0.05, 0) is 31.9 Å². The first kappa shape index (κ1) is 17.6. The summed E-state index contributed by atoms with van der Waals surface area (Å²) in [6.07, 6.45) is 3.47. The molecule has 2 fully saturated rings. The third kappa shape index (κ3) is 2.48. The van der Waals surface area contributed by atoms with Crippen molar-refractivity contribution in [2.45, 2.75) is 37.3 Å². The lowest BCUT2D eigenvalue weighted by molar-refractivity contribution is -0.137. The number of rotatable bonds is 4. The molecule has 2 saturated heterocycles. The summed E-state index contributed by atoms with van der Waals surface area (Å²) in [5, 5.41) is 8.53. The summed E-state index contributed by atoms with van der Waals surface area (Å²) in [4.78, 5) is 33.0. The van der Waals surface area contributed by atoms with E-state index < -0.39 is 5.54 Å². The second-order valence-corrected chi connectivity index (χ2v) is 8.65. The van der Waals surface area contributed by atoms with Gasteiger partial charge in [-0.15, -0.1) is 11.3 Å². The smallest absolute Gasteiger partial charge is 0.250 e. The predicted octanol–water partition coefficient (Wildman–Crippen LogP) is 1.72. The molecule has 5 rings (SSSR count). The molecule has 28 heavy (non-hydrogen) atoms. The summed E-state index contributed by atoms with van der Waals surface area (Å²) >= 11 is 1.40. The van der Waals surface area contributed by atoms with Crippen molar-refractivity contribution in [2.24, 2.45) is 5.92 Å². The van der Waals surface area contributed by atoms with Crippen LogP contribution < -0.4 is 16.4 Å². The molecule has 1 aromatic carbocycles. The van der Waals surface area contributed by atoms with E-state index >= 15 is 0 Å². The zero-order chi connectivity index (χ0) is 19.3. The van der Waals surface area contributed by atoms with Crippen molar-refractivity contribution in [2.75, 3.05) is 24.1 Å². The van der Waals surface area contributed by atoms with Gasteiger partial charge in [0.15, 0.2) is 5.13 Å². The number of fused-ring (bicyclic) bond motifs is 4. The van der Waals surface area contributed by atoms with Crippen LogP contribution in [0, 0.1) is 5.92 Å². The highest BCUT2D eigenvalue weighted by Gasteiger charge is 2.65. The average Bonchev–Trinajstić information content (AvgIpc) is 3.41. The second-order valence-electron chi connectivity index (χ2n) is 7.76. The van der Waals surface area contributed by atoms with Crippen LogP contribution in [0.2, 0.25) is 0 Å². The number of amides is 2. The number of carbonyl (C=O) groups is 2. The van der Waals surface area contributed by atoms with E-state index in [1.807, 2.05) is 29.6 Å². The molecule has 146 valence electrons. The van der Waals surface area contributed by atoms with Crippen LogP contribution in [-0.2, 0) is 21.5 Å². The second kappa shape index (κ2) is 6.56. The van der Waals surface area contributed by atoms with Crippen LogP contribution in [0.15, 0.2) is 29.6 Å². The topological polar surface area (TPSA) is 100 Å². The first-order chi connectivity index (χ1) is 13.6. The van der Waals surface area contributed by atoms with Crippen LogP contribution in [-0.4, -0.2) is 40.8 Å². The van der Waals surface area contributed by atoms with Gasteiger partial charge in [0.1, 0.15) is 5.54 Å². The number of anilines is 2. The predicted molar refractivity (Wildman–Crippen MR) is 108 cm³/mol. The number of para-hydroxylation sites is 1. The molecule has 0 unspecified atom stereocenters. The van der Waals surface area contributed by atoms with Crippen molar-refractivity contribution in [1.29, 1.82) is 0 Å². The molecule has 0 radical (unpaired) electrons. The number of nitrogens with zero attached hydrogens (tertiary/aromatic N) is 2. The highest BCUT2D eigenvalue weighted by molar-refractivity contribution is 7.13. The van der Waals surface area contributed by atoms with E-state index in [9.17, 15) is 9.59 Å². The summed E-state index contributed by atoms with van der Waals surface area (Å²) < 4.78 is 0. The number of benzene rings is 1. The number of nitrogen functional groups attached to an aromatic ring is 1. The normalized spacial score (nSPS) is 28.4. The third-order valence-corrected chi connectivity index (χ3v) is 7.06. The number of thiazole rings is 1. The van der Waals surface area contributed by atoms with Crippen molar-refractivity contribution in [3.8, 4) is 0 Å². The van der Waals surface area contributed by atoms with E-state index in [0.717, 1.165) is 42.8 Å². The number of carbonyl (C=O) groups excluding carboxylic acids is 2. The number of hydrogen-bond acceptors (Lipinski definition) is 6. The van der Waals surface area contributed by atoms with E-state index in [0.29, 0.717) is 18.1 Å². The lowest BCUT2D eigenvalue weighted by Gasteiger charge is -2.36. The molecule has 8 heteroatoms. The molecule has 0 saturated carbocycles. The number of aromatic nitrogens is 1. The average molecular weight is 398 g/mol. The van der Waals surface area contributed by atoms with E-state index in [4.69, 9.17) is 5.73 Å². The Bertz CT molecular complexity index is 944. The highest BCUT2D eigenvalue weighted by Crippen LogP contribution is 2.55. The molecule has 2 amide bonds. The standard InChI is InChI=1S/C20H23N5O2S/c21-19-23-12(11-28-19)7-8-22-17(26)15-10-13-4-3-9-25(13)20(15)14-5-1-2-6-16(14)24-18(20)27/h1-2,5-6,11,13,15H,3-4,7-10H2,(H2,21,23)(H,22,26)(H,24,27)/t13-,15+,20+/m1/s1. The molecular formula is C20H23N5O2S. The third-order valence-electron chi connectivity index (χ3n) is 6.34. The quantitative estimate of drug-likeness (QED) is 0.729. The highest BCUT2D eigenvalue weighted by atomic mass is 32.1. The molecule has 3 aliphatic heterocycles. The van der Waals surface area contributed by atoms with Crippen LogP contribution in [0.5, 0.6) is 0 Å². The van der Waals surface area contributed by atoms with Crippen LogP contribution in [0.4, 0.5) is 10.8 Å². The summed E-state index contributed by atoms with van der Waals surface area (Å²) in [7, 11) is 0. The lowest BCUT2D eigenvalue weighted by Crippen LogP contribution is -2.54. The van der Waals surface area contributed by atoms with E-state index in [2.05, 4.69) is 20.5 Å². The summed E-state index contributed by atoms with van der Waals surface area (Å²) in [6, 6.07) is 8.07. The maximum atomic E-state index is 13.3. The molecule has 2 aromatic rings. The van der Waals surface area contributed by atoms with Gasteiger partial charge in [0.05, 0.1) is 11.6 Å². The summed E-state index contributed by atoms with van der Waals surface area (Å²) in [5.74, 6) is -0.503. The largest absolute Gasteiger partial charge is 0.375 e. The van der Waals surface area contributed by atoms with Crippen molar-refractivity contribution in [1.82, 2.24) is 15.2 Å². The van der Waals surface area contributed by atoms with Crippen LogP contribution in [0.25, 0.3) is 0 Å². The van der Waals surface area contributed by atoms with E-state index in [1.165, 1.54) is 11.3 Å². The molecule has 3 aliphatic rings. The monoisotopic (exact) mass is 397 g/mol. The number of nitrogens with two attached hydrogens (primary N) is 1. The Labute approximate surface area is 167 Å². The van der Waals surface area contributed by atoms with Crippen molar-refractivity contribution in [3.63, 3.8) is 0 Å². The molecule has 4 N–H and O–H groups in total. The summed E-state index contributed by atoms with van der Waals surface area (Å²) in [6.45, 7) is 1.34. The van der Waals surface area contributed by atoms with Gasteiger partial charge in [0.25, 0.3) is 0 Å². The minimum Gasteiger partial charge on any atom is -0.375 e. The Kier molecular flexibility index (Phi) is 4.13. The SMILES string of the molecule is Nc1nc(CCNC(=O)[C@@H]2C[C@H]3CCCN3[C@]23C(=O)Nc2ccccc23)cs1. The Hall–Kier alpha value is -2.45. The van der Waals surface area contributed by atoms with Gasteiger partial charge < -0.3 is 16.4 Å². The fourth-order valence-electron chi connectivity index (χ4n) is 5.25. The Morgan fingerprint density at radius 1 is 1.43 bits per heavy atom. The molecule has 1 aromatic heterocycles. The number of nitrogens with one attached hydrogen (secondary N) is 2. The fourth-order valence-corrected chi connectivity index (χ4v) is 5.85.